The van der Waals surface area contributed by atoms with Crippen molar-refractivity contribution >= 4 is 11.6 Å². The van der Waals surface area contributed by atoms with E-state index in [1.54, 1.807) is 0 Å². The maximum absolute atomic E-state index is 12.1. The highest BCUT2D eigenvalue weighted by molar-refractivity contribution is 6.01. The van der Waals surface area contributed by atoms with Crippen LogP contribution in [-0.4, -0.2) is 27.6 Å². The number of aryl methyl sites for hydroxylation is 2. The minimum Gasteiger partial charge on any atom is -0.337 e. The Morgan fingerprint density at radius 1 is 1.38 bits per heavy atom. The molecule has 1 atom stereocenters. The Labute approximate surface area is 122 Å². The minimum atomic E-state index is -0.392. The molecule has 0 radical (unpaired) electrons. The highest BCUT2D eigenvalue weighted by atomic mass is 16.5. The average Bonchev–Trinajstić information content (AvgIpc) is 3.10. The van der Waals surface area contributed by atoms with Crippen LogP contribution < -0.4 is 10.6 Å². The third kappa shape index (κ3) is 2.92. The Kier molecular flexibility index (Phi) is 3.66. The molecule has 1 aliphatic heterocycles. The summed E-state index contributed by atoms with van der Waals surface area (Å²) in [6, 6.07) is 3.71. The van der Waals surface area contributed by atoms with E-state index >= 15 is 0 Å². The van der Waals surface area contributed by atoms with Gasteiger partial charge in [-0.05, 0) is 45.4 Å². The van der Waals surface area contributed by atoms with E-state index in [4.69, 9.17) is 4.52 Å². The zero-order chi connectivity index (χ0) is 14.8. The standard InChI is InChI=1S/C14H17N5O2/c1-8-5-6-10(9(2)16-8)17-13(20)12-18-14(21-19-12)11-4-3-7-15-11/h5-6,11,15H,3-4,7H2,1-2H3,(H,17,20). The van der Waals surface area contributed by atoms with Gasteiger partial charge in [-0.15, -0.1) is 0 Å². The molecule has 7 heteroatoms. The molecule has 0 spiro atoms. The summed E-state index contributed by atoms with van der Waals surface area (Å²) in [4.78, 5) is 20.6. The topological polar surface area (TPSA) is 92.9 Å². The van der Waals surface area contributed by atoms with Crippen molar-refractivity contribution in [2.45, 2.75) is 32.7 Å². The number of anilines is 1. The fourth-order valence-electron chi connectivity index (χ4n) is 2.36. The van der Waals surface area contributed by atoms with Gasteiger partial charge in [-0.25, -0.2) is 0 Å². The third-order valence-corrected chi connectivity index (χ3v) is 3.48. The van der Waals surface area contributed by atoms with Crippen molar-refractivity contribution < 1.29 is 9.32 Å². The van der Waals surface area contributed by atoms with E-state index in [1.165, 1.54) is 0 Å². The average molecular weight is 287 g/mol. The second-order valence-corrected chi connectivity index (χ2v) is 5.14. The van der Waals surface area contributed by atoms with Crippen molar-refractivity contribution in [3.8, 4) is 0 Å². The van der Waals surface area contributed by atoms with E-state index in [0.717, 1.165) is 30.8 Å². The number of pyridine rings is 1. The number of amides is 1. The van der Waals surface area contributed by atoms with Crippen molar-refractivity contribution in [1.29, 1.82) is 0 Å². The largest absolute Gasteiger partial charge is 0.337 e. The van der Waals surface area contributed by atoms with E-state index in [0.29, 0.717) is 11.6 Å². The van der Waals surface area contributed by atoms with Crippen LogP contribution >= 0.6 is 0 Å². The molecule has 1 aliphatic rings. The number of nitrogens with one attached hydrogen (secondary N) is 2. The molecule has 1 unspecified atom stereocenters. The summed E-state index contributed by atoms with van der Waals surface area (Å²) in [7, 11) is 0. The summed E-state index contributed by atoms with van der Waals surface area (Å²) >= 11 is 0. The molecular formula is C14H17N5O2. The monoisotopic (exact) mass is 287 g/mol. The minimum absolute atomic E-state index is 0.0404. The van der Waals surface area contributed by atoms with Gasteiger partial charge >= 0.3 is 0 Å². The molecule has 1 saturated heterocycles. The number of aromatic nitrogens is 3. The van der Waals surface area contributed by atoms with Crippen molar-refractivity contribution in [2.75, 3.05) is 11.9 Å². The van der Waals surface area contributed by atoms with E-state index in [9.17, 15) is 4.79 Å². The molecule has 0 saturated carbocycles. The maximum atomic E-state index is 12.1. The SMILES string of the molecule is Cc1ccc(NC(=O)c2noc(C3CCCN3)n2)c(C)n1. The van der Waals surface area contributed by atoms with E-state index in [-0.39, 0.29) is 11.9 Å². The molecule has 1 fully saturated rings. The van der Waals surface area contributed by atoms with Crippen LogP contribution in [0.2, 0.25) is 0 Å². The molecule has 3 heterocycles. The lowest BCUT2D eigenvalue weighted by molar-refractivity contribution is 0.101. The second-order valence-electron chi connectivity index (χ2n) is 5.14. The molecule has 2 aromatic heterocycles. The first-order valence-corrected chi connectivity index (χ1v) is 6.96. The van der Waals surface area contributed by atoms with Crippen molar-refractivity contribution in [2.24, 2.45) is 0 Å². The van der Waals surface area contributed by atoms with Crippen molar-refractivity contribution in [3.63, 3.8) is 0 Å². The highest BCUT2D eigenvalue weighted by Crippen LogP contribution is 2.21. The van der Waals surface area contributed by atoms with Gasteiger partial charge in [-0.1, -0.05) is 5.16 Å². The van der Waals surface area contributed by atoms with Crippen LogP contribution in [0.1, 0.15) is 46.8 Å². The summed E-state index contributed by atoms with van der Waals surface area (Å²) in [6.45, 7) is 4.67. The molecule has 21 heavy (non-hydrogen) atoms. The van der Waals surface area contributed by atoms with Crippen LogP contribution in [0.25, 0.3) is 0 Å². The summed E-state index contributed by atoms with van der Waals surface area (Å²) in [5.74, 6) is 0.117. The van der Waals surface area contributed by atoms with Crippen LogP contribution in [0.5, 0.6) is 0 Å². The predicted molar refractivity (Wildman–Crippen MR) is 75.9 cm³/mol. The second kappa shape index (κ2) is 5.61. The molecule has 0 aromatic carbocycles. The van der Waals surface area contributed by atoms with Gasteiger partial charge in [0, 0.05) is 5.69 Å². The number of hydrogen-bond acceptors (Lipinski definition) is 6. The van der Waals surface area contributed by atoms with E-state index in [1.807, 2.05) is 26.0 Å². The van der Waals surface area contributed by atoms with Gasteiger partial charge in [0.15, 0.2) is 0 Å². The van der Waals surface area contributed by atoms with Gasteiger partial charge in [0.25, 0.3) is 11.7 Å². The Bertz CT molecular complexity index is 661. The fraction of sp³-hybridized carbons (Fsp3) is 0.429. The van der Waals surface area contributed by atoms with Crippen LogP contribution in [-0.2, 0) is 0 Å². The molecule has 7 nitrogen and oxygen atoms in total. The quantitative estimate of drug-likeness (QED) is 0.893. The van der Waals surface area contributed by atoms with Crippen molar-refractivity contribution in [1.82, 2.24) is 20.4 Å². The fourth-order valence-corrected chi connectivity index (χ4v) is 2.36. The Morgan fingerprint density at radius 2 is 2.24 bits per heavy atom. The molecule has 110 valence electrons. The Balaban J connectivity index is 1.73. The molecule has 3 rings (SSSR count). The first-order valence-electron chi connectivity index (χ1n) is 6.96. The van der Waals surface area contributed by atoms with Crippen molar-refractivity contribution in [3.05, 3.63) is 35.2 Å². The predicted octanol–water partition coefficient (Wildman–Crippen LogP) is 1.76. The normalized spacial score (nSPS) is 17.9. The summed E-state index contributed by atoms with van der Waals surface area (Å²) in [6.07, 6.45) is 2.02. The first kappa shape index (κ1) is 13.7. The van der Waals surface area contributed by atoms with Crippen LogP contribution in [0.15, 0.2) is 16.7 Å². The lowest BCUT2D eigenvalue weighted by Gasteiger charge is -2.06. The summed E-state index contributed by atoms with van der Waals surface area (Å²) in [5.41, 5.74) is 2.31. The molecule has 0 aliphatic carbocycles. The molecule has 2 N–H and O–H groups in total. The number of nitrogens with zero attached hydrogens (tertiary/aromatic N) is 3. The number of hydrogen-bond donors (Lipinski definition) is 2. The van der Waals surface area contributed by atoms with Gasteiger partial charge in [0.1, 0.15) is 0 Å². The lowest BCUT2D eigenvalue weighted by Crippen LogP contribution is -2.16. The van der Waals surface area contributed by atoms with E-state index < -0.39 is 5.91 Å². The highest BCUT2D eigenvalue weighted by Gasteiger charge is 2.24. The Morgan fingerprint density at radius 3 is 2.95 bits per heavy atom. The Hall–Kier alpha value is -2.28. The zero-order valence-electron chi connectivity index (χ0n) is 12.0. The van der Waals surface area contributed by atoms with Gasteiger partial charge in [0.2, 0.25) is 5.89 Å². The number of carbonyl (C=O) groups excluding carboxylic acids is 1. The number of carbonyl (C=O) groups is 1. The van der Waals surface area contributed by atoms with Crippen LogP contribution in [0, 0.1) is 13.8 Å². The third-order valence-electron chi connectivity index (χ3n) is 3.48. The smallest absolute Gasteiger partial charge is 0.297 e. The van der Waals surface area contributed by atoms with Crippen LogP contribution in [0.3, 0.4) is 0 Å². The summed E-state index contributed by atoms with van der Waals surface area (Å²) in [5, 5.41) is 9.75. The maximum Gasteiger partial charge on any atom is 0.297 e. The molecular weight excluding hydrogens is 270 g/mol. The molecule has 2 aromatic rings. The first-order chi connectivity index (χ1) is 10.1. The number of rotatable bonds is 3. The van der Waals surface area contributed by atoms with Gasteiger partial charge in [0.05, 0.1) is 17.4 Å². The van der Waals surface area contributed by atoms with Gasteiger partial charge in [-0.2, -0.15) is 4.98 Å². The lowest BCUT2D eigenvalue weighted by atomic mass is 10.2. The van der Waals surface area contributed by atoms with E-state index in [2.05, 4.69) is 25.8 Å². The van der Waals surface area contributed by atoms with Gasteiger partial charge < -0.3 is 15.2 Å². The molecule has 0 bridgehead atoms. The summed E-state index contributed by atoms with van der Waals surface area (Å²) < 4.78 is 5.16. The van der Waals surface area contributed by atoms with Crippen LogP contribution in [0.4, 0.5) is 5.69 Å². The van der Waals surface area contributed by atoms with Gasteiger partial charge in [-0.3, -0.25) is 9.78 Å². The zero-order valence-corrected chi connectivity index (χ0v) is 12.0. The molecule has 1 amide bonds.